The number of aromatic nitrogens is 2. The molecule has 0 saturated carbocycles. The first-order valence-corrected chi connectivity index (χ1v) is 7.97. The first-order chi connectivity index (χ1) is 10.8. The van der Waals surface area contributed by atoms with E-state index in [0.29, 0.717) is 18.8 Å². The maximum Gasteiger partial charge on any atom is 0.289 e. The van der Waals surface area contributed by atoms with Crippen LogP contribution < -0.4 is 4.90 Å². The topological polar surface area (TPSA) is 62.5 Å². The summed E-state index contributed by atoms with van der Waals surface area (Å²) in [5.41, 5.74) is 0.976. The van der Waals surface area contributed by atoms with Gasteiger partial charge in [0.25, 0.3) is 5.91 Å². The predicted octanol–water partition coefficient (Wildman–Crippen LogP) is 2.25. The molecule has 7 heteroatoms. The summed E-state index contributed by atoms with van der Waals surface area (Å²) >= 11 is 1.65. The number of carbonyl (C=O) groups excluding carboxylic acids is 1. The smallest absolute Gasteiger partial charge is 0.289 e. The van der Waals surface area contributed by atoms with Crippen LogP contribution in [-0.4, -0.2) is 47.0 Å². The van der Waals surface area contributed by atoms with Gasteiger partial charge in [0.15, 0.2) is 5.76 Å². The fourth-order valence-electron chi connectivity index (χ4n) is 2.68. The van der Waals surface area contributed by atoms with Crippen molar-refractivity contribution >= 4 is 33.3 Å². The number of anilines is 1. The van der Waals surface area contributed by atoms with Gasteiger partial charge in [0.2, 0.25) is 0 Å². The lowest BCUT2D eigenvalue weighted by Gasteiger charge is -2.35. The van der Waals surface area contributed by atoms with Crippen molar-refractivity contribution < 1.29 is 9.21 Å². The standard InChI is InChI=1S/C15H14N4O2S/c20-15(12-2-1-8-21-12)19-6-4-18(5-7-19)14-13-11(3-9-22-13)16-10-17-14/h1-3,8-10H,4-7H2. The van der Waals surface area contributed by atoms with Gasteiger partial charge in [-0.15, -0.1) is 11.3 Å². The number of amides is 1. The molecule has 0 aliphatic carbocycles. The van der Waals surface area contributed by atoms with E-state index in [0.717, 1.165) is 29.1 Å². The van der Waals surface area contributed by atoms with Gasteiger partial charge in [-0.2, -0.15) is 0 Å². The molecule has 112 valence electrons. The maximum absolute atomic E-state index is 12.3. The first kappa shape index (κ1) is 13.3. The lowest BCUT2D eigenvalue weighted by Crippen LogP contribution is -2.49. The summed E-state index contributed by atoms with van der Waals surface area (Å²) in [4.78, 5) is 25.0. The number of nitrogens with zero attached hydrogens (tertiary/aromatic N) is 4. The van der Waals surface area contributed by atoms with Gasteiger partial charge in [-0.25, -0.2) is 9.97 Å². The summed E-state index contributed by atoms with van der Waals surface area (Å²) in [6, 6.07) is 5.44. The zero-order valence-electron chi connectivity index (χ0n) is 11.8. The van der Waals surface area contributed by atoms with Crippen LogP contribution in [0, 0.1) is 0 Å². The van der Waals surface area contributed by atoms with Gasteiger partial charge in [-0.3, -0.25) is 4.79 Å². The highest BCUT2D eigenvalue weighted by molar-refractivity contribution is 7.17. The highest BCUT2D eigenvalue weighted by atomic mass is 32.1. The molecule has 1 aliphatic rings. The molecule has 22 heavy (non-hydrogen) atoms. The summed E-state index contributed by atoms with van der Waals surface area (Å²) < 4.78 is 6.29. The molecular weight excluding hydrogens is 300 g/mol. The molecule has 4 heterocycles. The first-order valence-electron chi connectivity index (χ1n) is 7.09. The Bertz CT molecular complexity index is 791. The van der Waals surface area contributed by atoms with Crippen LogP contribution in [-0.2, 0) is 0 Å². The molecule has 0 radical (unpaired) electrons. The fraction of sp³-hybridized carbons (Fsp3) is 0.267. The van der Waals surface area contributed by atoms with Crippen molar-refractivity contribution in [3.05, 3.63) is 41.9 Å². The van der Waals surface area contributed by atoms with Crippen molar-refractivity contribution in [2.75, 3.05) is 31.1 Å². The van der Waals surface area contributed by atoms with Crippen LogP contribution in [0.1, 0.15) is 10.6 Å². The summed E-state index contributed by atoms with van der Waals surface area (Å²) in [5, 5.41) is 2.03. The molecule has 3 aromatic heterocycles. The van der Waals surface area contributed by atoms with Gasteiger partial charge in [0.05, 0.1) is 16.5 Å². The summed E-state index contributed by atoms with van der Waals surface area (Å²) in [6.07, 6.45) is 3.13. The summed E-state index contributed by atoms with van der Waals surface area (Å²) in [5.74, 6) is 1.31. The van der Waals surface area contributed by atoms with Crippen molar-refractivity contribution in [1.29, 1.82) is 0 Å². The number of fused-ring (bicyclic) bond motifs is 1. The van der Waals surface area contributed by atoms with Crippen LogP contribution in [0.25, 0.3) is 10.2 Å². The third kappa shape index (κ3) is 2.23. The number of carbonyl (C=O) groups is 1. The molecule has 1 amide bonds. The number of hydrogen-bond acceptors (Lipinski definition) is 6. The van der Waals surface area contributed by atoms with Crippen LogP contribution in [0.2, 0.25) is 0 Å². The molecule has 0 atom stereocenters. The minimum Gasteiger partial charge on any atom is -0.459 e. The van der Waals surface area contributed by atoms with Gasteiger partial charge >= 0.3 is 0 Å². The second-order valence-electron chi connectivity index (χ2n) is 5.09. The van der Waals surface area contributed by atoms with Crippen LogP contribution in [0.4, 0.5) is 5.82 Å². The Labute approximate surface area is 131 Å². The largest absolute Gasteiger partial charge is 0.459 e. The molecule has 0 bridgehead atoms. The molecule has 4 rings (SSSR count). The van der Waals surface area contributed by atoms with Crippen LogP contribution in [0.3, 0.4) is 0 Å². The summed E-state index contributed by atoms with van der Waals surface area (Å²) in [7, 11) is 0. The second kappa shape index (κ2) is 5.42. The zero-order valence-corrected chi connectivity index (χ0v) is 12.6. The Morgan fingerprint density at radius 3 is 2.82 bits per heavy atom. The molecule has 0 spiro atoms. The van der Waals surface area contributed by atoms with E-state index in [9.17, 15) is 4.79 Å². The minimum atomic E-state index is -0.0476. The molecule has 0 unspecified atom stereocenters. The average Bonchev–Trinajstić information content (AvgIpc) is 3.25. The minimum absolute atomic E-state index is 0.0476. The van der Waals surface area contributed by atoms with Crippen molar-refractivity contribution in [2.24, 2.45) is 0 Å². The van der Waals surface area contributed by atoms with Gasteiger partial charge in [-0.1, -0.05) is 0 Å². The third-order valence-electron chi connectivity index (χ3n) is 3.82. The van der Waals surface area contributed by atoms with E-state index in [4.69, 9.17) is 4.42 Å². The van der Waals surface area contributed by atoms with E-state index in [2.05, 4.69) is 14.9 Å². The number of rotatable bonds is 2. The number of furan rings is 1. The quantitative estimate of drug-likeness (QED) is 0.726. The highest BCUT2D eigenvalue weighted by Crippen LogP contribution is 2.28. The summed E-state index contributed by atoms with van der Waals surface area (Å²) in [6.45, 7) is 2.85. The monoisotopic (exact) mass is 314 g/mol. The predicted molar refractivity (Wildman–Crippen MR) is 84.2 cm³/mol. The molecule has 0 N–H and O–H groups in total. The third-order valence-corrected chi connectivity index (χ3v) is 4.72. The average molecular weight is 314 g/mol. The van der Waals surface area contributed by atoms with E-state index in [-0.39, 0.29) is 5.91 Å². The van der Waals surface area contributed by atoms with Gasteiger partial charge < -0.3 is 14.2 Å². The molecule has 1 aliphatic heterocycles. The second-order valence-corrected chi connectivity index (χ2v) is 6.00. The lowest BCUT2D eigenvalue weighted by atomic mass is 10.2. The number of hydrogen-bond donors (Lipinski definition) is 0. The van der Waals surface area contributed by atoms with Crippen molar-refractivity contribution in [3.63, 3.8) is 0 Å². The number of thiophene rings is 1. The van der Waals surface area contributed by atoms with E-state index in [1.807, 2.05) is 16.3 Å². The van der Waals surface area contributed by atoms with Crippen molar-refractivity contribution in [2.45, 2.75) is 0 Å². The van der Waals surface area contributed by atoms with E-state index in [1.54, 1.807) is 29.8 Å². The Hall–Kier alpha value is -2.41. The van der Waals surface area contributed by atoms with Crippen molar-refractivity contribution in [3.8, 4) is 0 Å². The molecular formula is C15H14N4O2S. The van der Waals surface area contributed by atoms with Crippen LogP contribution >= 0.6 is 11.3 Å². The van der Waals surface area contributed by atoms with Gasteiger partial charge in [-0.05, 0) is 23.6 Å². The van der Waals surface area contributed by atoms with Crippen LogP contribution in [0.5, 0.6) is 0 Å². The lowest BCUT2D eigenvalue weighted by molar-refractivity contribution is 0.0714. The van der Waals surface area contributed by atoms with Crippen LogP contribution in [0.15, 0.2) is 40.6 Å². The molecule has 6 nitrogen and oxygen atoms in total. The van der Waals surface area contributed by atoms with Gasteiger partial charge in [0, 0.05) is 26.2 Å². The zero-order chi connectivity index (χ0) is 14.9. The molecule has 0 aromatic carbocycles. The highest BCUT2D eigenvalue weighted by Gasteiger charge is 2.25. The Morgan fingerprint density at radius 1 is 1.18 bits per heavy atom. The van der Waals surface area contributed by atoms with E-state index >= 15 is 0 Å². The maximum atomic E-state index is 12.3. The molecule has 1 saturated heterocycles. The normalized spacial score (nSPS) is 15.5. The number of piperazine rings is 1. The SMILES string of the molecule is O=C(c1ccco1)N1CCN(c2ncnc3ccsc23)CC1. The van der Waals surface area contributed by atoms with Gasteiger partial charge in [0.1, 0.15) is 12.1 Å². The fourth-order valence-corrected chi connectivity index (χ4v) is 3.54. The Balaban J connectivity index is 1.50. The Morgan fingerprint density at radius 2 is 2.05 bits per heavy atom. The Kier molecular flexibility index (Phi) is 3.27. The molecule has 1 fully saturated rings. The van der Waals surface area contributed by atoms with Crippen molar-refractivity contribution in [1.82, 2.24) is 14.9 Å². The van der Waals surface area contributed by atoms with E-state index in [1.165, 1.54) is 6.26 Å². The molecule has 3 aromatic rings. The van der Waals surface area contributed by atoms with E-state index < -0.39 is 0 Å².